The van der Waals surface area contributed by atoms with E-state index in [9.17, 15) is 4.79 Å². The fourth-order valence-corrected chi connectivity index (χ4v) is 3.41. The first-order valence-electron chi connectivity index (χ1n) is 8.49. The smallest absolute Gasteiger partial charge is 0.335 e. The zero-order valence-corrected chi connectivity index (χ0v) is 13.8. The van der Waals surface area contributed by atoms with Gasteiger partial charge >= 0.3 is 5.97 Å². The van der Waals surface area contributed by atoms with Crippen LogP contribution in [-0.4, -0.2) is 27.1 Å². The molecule has 1 aromatic carbocycles. The van der Waals surface area contributed by atoms with Crippen molar-refractivity contribution >= 4 is 17.7 Å². The molecule has 1 N–H and O–H groups in total. The van der Waals surface area contributed by atoms with Gasteiger partial charge in [-0.25, -0.2) is 14.2 Å². The Morgan fingerprint density at radius 3 is 2.92 bits per heavy atom. The minimum absolute atomic E-state index is 0.0274. The normalized spacial score (nSPS) is 16.1. The number of fused-ring (bicyclic) bond motifs is 2. The molecule has 1 fully saturated rings. The number of benzene rings is 1. The molecule has 2 aliphatic rings. The van der Waals surface area contributed by atoms with Crippen LogP contribution in [0.3, 0.4) is 0 Å². The van der Waals surface area contributed by atoms with Crippen molar-refractivity contribution in [2.24, 2.45) is 0 Å². The number of aromatic nitrogens is 2. The highest BCUT2D eigenvalue weighted by atomic mass is 19.1. The number of imidazole rings is 1. The van der Waals surface area contributed by atoms with Gasteiger partial charge < -0.3 is 14.2 Å². The molecule has 0 unspecified atom stereocenters. The summed E-state index contributed by atoms with van der Waals surface area (Å²) in [5.74, 6) is -0.741. The van der Waals surface area contributed by atoms with E-state index in [0.29, 0.717) is 22.9 Å². The van der Waals surface area contributed by atoms with Gasteiger partial charge in [-0.3, -0.25) is 0 Å². The number of carbonyl (C=O) groups is 1. The van der Waals surface area contributed by atoms with Gasteiger partial charge in [0.2, 0.25) is 0 Å². The highest BCUT2D eigenvalue weighted by Crippen LogP contribution is 2.42. The van der Waals surface area contributed by atoms with Crippen molar-refractivity contribution in [3.05, 3.63) is 59.2 Å². The molecule has 0 radical (unpaired) electrons. The zero-order valence-electron chi connectivity index (χ0n) is 13.8. The minimum Gasteiger partial charge on any atom is -0.488 e. The molecule has 5 rings (SSSR count). The van der Waals surface area contributed by atoms with E-state index >= 15 is 4.39 Å². The average molecular weight is 350 g/mol. The van der Waals surface area contributed by atoms with E-state index in [2.05, 4.69) is 11.1 Å². The van der Waals surface area contributed by atoms with Crippen LogP contribution < -0.4 is 4.74 Å². The van der Waals surface area contributed by atoms with Crippen LogP contribution in [0, 0.1) is 5.82 Å². The number of halogens is 1. The quantitative estimate of drug-likeness (QED) is 0.779. The molecule has 3 aromatic rings. The van der Waals surface area contributed by atoms with Crippen molar-refractivity contribution < 1.29 is 19.0 Å². The Bertz CT molecular complexity index is 1100. The molecule has 0 spiro atoms. The third kappa shape index (κ3) is 2.29. The third-order valence-electron chi connectivity index (χ3n) is 4.92. The number of hydrogen-bond donors (Lipinski definition) is 1. The molecule has 130 valence electrons. The van der Waals surface area contributed by atoms with E-state index in [1.54, 1.807) is 18.3 Å². The van der Waals surface area contributed by atoms with E-state index in [-0.39, 0.29) is 17.7 Å². The Morgan fingerprint density at radius 2 is 2.15 bits per heavy atom. The highest BCUT2D eigenvalue weighted by molar-refractivity contribution is 5.94. The van der Waals surface area contributed by atoms with Gasteiger partial charge in [0.1, 0.15) is 23.8 Å². The van der Waals surface area contributed by atoms with Crippen LogP contribution in [0.4, 0.5) is 4.39 Å². The van der Waals surface area contributed by atoms with E-state index in [0.717, 1.165) is 18.5 Å². The van der Waals surface area contributed by atoms with Crippen LogP contribution >= 0.6 is 0 Å². The summed E-state index contributed by atoms with van der Waals surface area (Å²) in [5.41, 5.74) is 3.08. The molecule has 26 heavy (non-hydrogen) atoms. The minimum atomic E-state index is -1.11. The summed E-state index contributed by atoms with van der Waals surface area (Å²) in [5, 5.41) is 9.14. The van der Waals surface area contributed by atoms with Crippen LogP contribution in [0.1, 0.15) is 29.9 Å². The number of hydrogen-bond acceptors (Lipinski definition) is 3. The Hall–Kier alpha value is -3.15. The topological polar surface area (TPSA) is 63.8 Å². The van der Waals surface area contributed by atoms with Crippen LogP contribution in [-0.2, 0) is 4.79 Å². The SMILES string of the molecule is O=C(O)C1=Cc2c(ccc(-c3cn4cccc(C5CC5)c4n3)c2F)OC1. The number of nitrogens with zero attached hydrogens (tertiary/aromatic N) is 2. The lowest BCUT2D eigenvalue weighted by Crippen LogP contribution is -2.15. The molecule has 6 heteroatoms. The molecule has 0 amide bonds. The van der Waals surface area contributed by atoms with Crippen molar-refractivity contribution in [2.75, 3.05) is 6.61 Å². The van der Waals surface area contributed by atoms with Gasteiger partial charge in [-0.2, -0.15) is 0 Å². The fourth-order valence-electron chi connectivity index (χ4n) is 3.41. The van der Waals surface area contributed by atoms with Crippen molar-refractivity contribution in [1.29, 1.82) is 0 Å². The molecule has 3 heterocycles. The second-order valence-corrected chi connectivity index (χ2v) is 6.70. The van der Waals surface area contributed by atoms with E-state index in [1.807, 2.05) is 16.7 Å². The van der Waals surface area contributed by atoms with Crippen molar-refractivity contribution in [2.45, 2.75) is 18.8 Å². The number of carboxylic acids is 1. The monoisotopic (exact) mass is 350 g/mol. The molecule has 5 nitrogen and oxygen atoms in total. The first kappa shape index (κ1) is 15.1. The molecule has 1 saturated carbocycles. The summed E-state index contributed by atoms with van der Waals surface area (Å²) in [4.78, 5) is 15.8. The number of ether oxygens (including phenoxy) is 1. The van der Waals surface area contributed by atoms with Crippen molar-refractivity contribution in [3.63, 3.8) is 0 Å². The Morgan fingerprint density at radius 1 is 1.31 bits per heavy atom. The van der Waals surface area contributed by atoms with Gasteiger partial charge in [0.15, 0.2) is 0 Å². The van der Waals surface area contributed by atoms with Crippen molar-refractivity contribution in [1.82, 2.24) is 9.38 Å². The summed E-state index contributed by atoms with van der Waals surface area (Å²) in [7, 11) is 0. The summed E-state index contributed by atoms with van der Waals surface area (Å²) in [6.07, 6.45) is 7.37. The van der Waals surface area contributed by atoms with Crippen molar-refractivity contribution in [3.8, 4) is 17.0 Å². The number of aliphatic carboxylic acids is 1. The lowest BCUT2D eigenvalue weighted by molar-refractivity contribution is -0.132. The van der Waals surface area contributed by atoms with Gasteiger partial charge in [0, 0.05) is 18.0 Å². The predicted molar refractivity (Wildman–Crippen MR) is 93.7 cm³/mol. The largest absolute Gasteiger partial charge is 0.488 e. The van der Waals surface area contributed by atoms with Gasteiger partial charge in [0.25, 0.3) is 0 Å². The Kier molecular flexibility index (Phi) is 3.16. The maximum absolute atomic E-state index is 15.1. The molecule has 1 aliphatic heterocycles. The molecule has 2 aromatic heterocycles. The molecule has 0 saturated heterocycles. The second-order valence-electron chi connectivity index (χ2n) is 6.70. The predicted octanol–water partition coefficient (Wildman–Crippen LogP) is 3.88. The van der Waals surface area contributed by atoms with E-state index in [1.165, 1.54) is 11.6 Å². The van der Waals surface area contributed by atoms with E-state index < -0.39 is 11.8 Å². The number of carboxylic acid groups (broad SMARTS) is 1. The summed E-state index contributed by atoms with van der Waals surface area (Å²) in [6, 6.07) is 7.34. The van der Waals surface area contributed by atoms with Gasteiger partial charge in [-0.05, 0) is 48.6 Å². The van der Waals surface area contributed by atoms with E-state index in [4.69, 9.17) is 9.84 Å². The standard InChI is InChI=1S/C20H15FN2O3/c21-18-14(5-6-17-15(18)8-12(10-26-17)20(24)25)16-9-23-7-1-2-13(11-3-4-11)19(23)22-16/h1-2,5-9,11H,3-4,10H2,(H,24,25). The maximum Gasteiger partial charge on any atom is 0.335 e. The zero-order chi connectivity index (χ0) is 17.8. The van der Waals surface area contributed by atoms with Crippen LogP contribution in [0.15, 0.2) is 42.2 Å². The highest BCUT2D eigenvalue weighted by Gasteiger charge is 2.27. The Labute approximate surface area is 148 Å². The summed E-state index contributed by atoms with van der Waals surface area (Å²) in [6.45, 7) is -0.0692. The number of pyridine rings is 1. The lowest BCUT2D eigenvalue weighted by Gasteiger charge is -2.17. The third-order valence-corrected chi connectivity index (χ3v) is 4.92. The van der Waals surface area contributed by atoms with Gasteiger partial charge in [-0.1, -0.05) is 6.07 Å². The average Bonchev–Trinajstić information content (AvgIpc) is 3.39. The molecule has 0 bridgehead atoms. The molecule has 1 aliphatic carbocycles. The second kappa shape index (κ2) is 5.42. The lowest BCUT2D eigenvalue weighted by atomic mass is 10.0. The van der Waals surface area contributed by atoms with Crippen LogP contribution in [0.5, 0.6) is 5.75 Å². The molecular formula is C20H15FN2O3. The van der Waals surface area contributed by atoms with Gasteiger partial charge in [0.05, 0.1) is 16.8 Å². The Balaban J connectivity index is 1.66. The molecular weight excluding hydrogens is 335 g/mol. The van der Waals surface area contributed by atoms with Crippen LogP contribution in [0.25, 0.3) is 23.0 Å². The van der Waals surface area contributed by atoms with Gasteiger partial charge in [-0.15, -0.1) is 0 Å². The fraction of sp³-hybridized carbons (Fsp3) is 0.200. The first-order valence-corrected chi connectivity index (χ1v) is 8.49. The number of rotatable bonds is 3. The van der Waals surface area contributed by atoms with Crippen LogP contribution in [0.2, 0.25) is 0 Å². The first-order chi connectivity index (χ1) is 12.6. The molecule has 0 atom stereocenters. The summed E-state index contributed by atoms with van der Waals surface area (Å²) < 4.78 is 22.4. The summed E-state index contributed by atoms with van der Waals surface area (Å²) >= 11 is 0. The maximum atomic E-state index is 15.1.